The topological polar surface area (TPSA) is 53.4 Å². The van der Waals surface area contributed by atoms with Crippen molar-refractivity contribution < 1.29 is 9.90 Å². The van der Waals surface area contributed by atoms with Crippen molar-refractivity contribution in [2.24, 2.45) is 0 Å². The third kappa shape index (κ3) is 1.97. The minimum absolute atomic E-state index is 0.149. The lowest BCUT2D eigenvalue weighted by Crippen LogP contribution is -2.34. The molecule has 1 aromatic rings. The molecule has 1 fully saturated rings. The predicted octanol–water partition coefficient (Wildman–Crippen LogP) is 1.46. The molecule has 1 aromatic heterocycles. The van der Waals surface area contributed by atoms with Gasteiger partial charge in [0.05, 0.1) is 17.2 Å². The third-order valence-corrected chi connectivity index (χ3v) is 4.36. The van der Waals surface area contributed by atoms with Crippen LogP contribution in [0.2, 0.25) is 0 Å². The molecule has 2 heterocycles. The van der Waals surface area contributed by atoms with Crippen molar-refractivity contribution >= 4 is 17.3 Å². The van der Waals surface area contributed by atoms with Crippen LogP contribution in [-0.4, -0.2) is 34.0 Å². The number of aromatic nitrogens is 1. The highest BCUT2D eigenvalue weighted by Gasteiger charge is 2.30. The lowest BCUT2D eigenvalue weighted by molar-refractivity contribution is -0.138. The Morgan fingerprint density at radius 3 is 3.06 bits per heavy atom. The minimum Gasteiger partial charge on any atom is -0.480 e. The van der Waals surface area contributed by atoms with Gasteiger partial charge in [0, 0.05) is 30.3 Å². The second-order valence-corrected chi connectivity index (χ2v) is 5.67. The summed E-state index contributed by atoms with van der Waals surface area (Å²) < 4.78 is 0. The smallest absolute Gasteiger partial charge is 0.317 e. The summed E-state index contributed by atoms with van der Waals surface area (Å²) in [6, 6.07) is 0. The second kappa shape index (κ2) is 3.82. The van der Waals surface area contributed by atoms with Crippen LogP contribution >= 0.6 is 11.3 Å². The summed E-state index contributed by atoms with van der Waals surface area (Å²) in [4.78, 5) is 18.6. The predicted molar refractivity (Wildman–Crippen MR) is 60.7 cm³/mol. The van der Waals surface area contributed by atoms with Crippen molar-refractivity contribution in [1.82, 2.24) is 9.88 Å². The number of carboxylic acids is 1. The molecule has 1 N–H and O–H groups in total. The zero-order chi connectivity index (χ0) is 11.1. The Kier molecular flexibility index (Phi) is 2.44. The van der Waals surface area contributed by atoms with Gasteiger partial charge in [-0.3, -0.25) is 9.69 Å². The van der Waals surface area contributed by atoms with Gasteiger partial charge in [-0.1, -0.05) is 0 Å². The van der Waals surface area contributed by atoms with E-state index in [1.54, 1.807) is 11.3 Å². The van der Waals surface area contributed by atoms with E-state index < -0.39 is 5.97 Å². The molecule has 16 heavy (non-hydrogen) atoms. The first kappa shape index (κ1) is 10.2. The van der Waals surface area contributed by atoms with Gasteiger partial charge in [0.15, 0.2) is 0 Å². The van der Waals surface area contributed by atoms with Gasteiger partial charge < -0.3 is 5.11 Å². The minimum atomic E-state index is -0.740. The fourth-order valence-corrected chi connectivity index (χ4v) is 3.42. The molecule has 0 bridgehead atoms. The van der Waals surface area contributed by atoms with Gasteiger partial charge >= 0.3 is 5.97 Å². The maximum Gasteiger partial charge on any atom is 0.317 e. The molecule has 0 aromatic carbocycles. The van der Waals surface area contributed by atoms with Crippen LogP contribution in [0.5, 0.6) is 0 Å². The van der Waals surface area contributed by atoms with E-state index in [1.165, 1.54) is 28.4 Å². The van der Waals surface area contributed by atoms with Crippen molar-refractivity contribution in [3.8, 4) is 0 Å². The maximum absolute atomic E-state index is 10.6. The molecular formula is C11H14N2O2S. The summed E-state index contributed by atoms with van der Waals surface area (Å²) in [6.07, 6.45) is 3.47. The molecule has 5 heteroatoms. The zero-order valence-corrected chi connectivity index (χ0v) is 9.79. The van der Waals surface area contributed by atoms with Crippen LogP contribution < -0.4 is 0 Å². The summed E-state index contributed by atoms with van der Waals surface area (Å²) >= 11 is 1.79. The molecule has 1 saturated carbocycles. The highest BCUT2D eigenvalue weighted by atomic mass is 32.1. The fraction of sp³-hybridized carbons (Fsp3) is 0.636. The monoisotopic (exact) mass is 238 g/mol. The molecule has 86 valence electrons. The van der Waals surface area contributed by atoms with Crippen LogP contribution in [0.25, 0.3) is 0 Å². The molecule has 4 nitrogen and oxygen atoms in total. The van der Waals surface area contributed by atoms with E-state index in [2.05, 4.69) is 4.98 Å². The van der Waals surface area contributed by atoms with Gasteiger partial charge in [0.25, 0.3) is 0 Å². The second-order valence-electron chi connectivity index (χ2n) is 4.55. The van der Waals surface area contributed by atoms with E-state index in [0.717, 1.165) is 19.5 Å². The normalized spacial score (nSPS) is 20.8. The largest absolute Gasteiger partial charge is 0.480 e. The van der Waals surface area contributed by atoms with Crippen molar-refractivity contribution in [2.45, 2.75) is 31.7 Å². The van der Waals surface area contributed by atoms with Crippen molar-refractivity contribution in [1.29, 1.82) is 0 Å². The van der Waals surface area contributed by atoms with Gasteiger partial charge in [0.2, 0.25) is 0 Å². The Labute approximate surface area is 97.9 Å². The number of rotatable bonds is 3. The quantitative estimate of drug-likeness (QED) is 0.866. The number of nitrogens with zero attached hydrogens (tertiary/aromatic N) is 2. The SMILES string of the molecule is O=C(O)CN1CCc2nc(C3CC3)sc2C1. The molecule has 0 spiro atoms. The maximum atomic E-state index is 10.6. The number of fused-ring (bicyclic) bond motifs is 1. The summed E-state index contributed by atoms with van der Waals surface area (Å²) in [5.74, 6) is -0.0288. The highest BCUT2D eigenvalue weighted by molar-refractivity contribution is 7.11. The van der Waals surface area contributed by atoms with Crippen molar-refractivity contribution in [3.05, 3.63) is 15.6 Å². The first-order valence-electron chi connectivity index (χ1n) is 5.65. The lowest BCUT2D eigenvalue weighted by atomic mass is 10.2. The number of carboxylic acid groups (broad SMARTS) is 1. The van der Waals surface area contributed by atoms with Crippen LogP contribution in [0.3, 0.4) is 0 Å². The van der Waals surface area contributed by atoms with Gasteiger partial charge in [-0.05, 0) is 12.8 Å². The summed E-state index contributed by atoms with van der Waals surface area (Å²) in [7, 11) is 0. The van der Waals surface area contributed by atoms with E-state index in [-0.39, 0.29) is 6.54 Å². The van der Waals surface area contributed by atoms with Gasteiger partial charge in [-0.15, -0.1) is 11.3 Å². The average Bonchev–Trinajstić information content (AvgIpc) is 2.98. The molecular weight excluding hydrogens is 224 g/mol. The van der Waals surface area contributed by atoms with Crippen LogP contribution in [0.15, 0.2) is 0 Å². The van der Waals surface area contributed by atoms with Crippen LogP contribution in [0.4, 0.5) is 0 Å². The van der Waals surface area contributed by atoms with E-state index in [4.69, 9.17) is 5.11 Å². The Morgan fingerprint density at radius 2 is 2.38 bits per heavy atom. The summed E-state index contributed by atoms with van der Waals surface area (Å²) in [5.41, 5.74) is 1.22. The lowest BCUT2D eigenvalue weighted by Gasteiger charge is -2.23. The number of aliphatic carboxylic acids is 1. The molecule has 2 aliphatic rings. The highest BCUT2D eigenvalue weighted by Crippen LogP contribution is 2.43. The van der Waals surface area contributed by atoms with Crippen LogP contribution in [0.1, 0.15) is 34.3 Å². The Bertz CT molecular complexity index is 426. The Morgan fingerprint density at radius 1 is 1.56 bits per heavy atom. The number of thiazole rings is 1. The molecule has 1 aliphatic carbocycles. The summed E-state index contributed by atoms with van der Waals surface area (Å²) in [5, 5.41) is 10.0. The zero-order valence-electron chi connectivity index (χ0n) is 8.98. The molecule has 0 saturated heterocycles. The van der Waals surface area contributed by atoms with Gasteiger partial charge in [0.1, 0.15) is 0 Å². The standard InChI is InChI=1S/C11H14N2O2S/c14-10(15)6-13-4-3-8-9(5-13)16-11(12-8)7-1-2-7/h7H,1-6H2,(H,14,15). The fourth-order valence-electron chi connectivity index (χ4n) is 2.10. The Balaban J connectivity index is 1.74. The molecule has 3 rings (SSSR count). The molecule has 0 unspecified atom stereocenters. The van der Waals surface area contributed by atoms with Gasteiger partial charge in [-0.2, -0.15) is 0 Å². The molecule has 0 atom stereocenters. The van der Waals surface area contributed by atoms with E-state index in [0.29, 0.717) is 5.92 Å². The van der Waals surface area contributed by atoms with Crippen molar-refractivity contribution in [2.75, 3.05) is 13.1 Å². The van der Waals surface area contributed by atoms with Crippen LogP contribution in [-0.2, 0) is 17.8 Å². The van der Waals surface area contributed by atoms with Crippen LogP contribution in [0, 0.1) is 0 Å². The average molecular weight is 238 g/mol. The number of carbonyl (C=O) groups is 1. The third-order valence-electron chi connectivity index (χ3n) is 3.11. The molecule has 1 aliphatic heterocycles. The van der Waals surface area contributed by atoms with Crippen molar-refractivity contribution in [3.63, 3.8) is 0 Å². The first-order valence-corrected chi connectivity index (χ1v) is 6.46. The first-order chi connectivity index (χ1) is 7.72. The van der Waals surface area contributed by atoms with E-state index in [9.17, 15) is 4.79 Å². The molecule has 0 amide bonds. The summed E-state index contributed by atoms with van der Waals surface area (Å²) in [6.45, 7) is 1.75. The Hall–Kier alpha value is -0.940. The number of hydrogen-bond acceptors (Lipinski definition) is 4. The van der Waals surface area contributed by atoms with Gasteiger partial charge in [-0.25, -0.2) is 4.98 Å². The van der Waals surface area contributed by atoms with E-state index >= 15 is 0 Å². The number of hydrogen-bond donors (Lipinski definition) is 1. The molecule has 0 radical (unpaired) electrons. The van der Waals surface area contributed by atoms with E-state index in [1.807, 2.05) is 4.90 Å².